The number of nitrogens with two attached hydrogens (primary N) is 1. The molecule has 21 heavy (non-hydrogen) atoms. The number of rotatable bonds is 2. The van der Waals surface area contributed by atoms with Crippen LogP contribution in [-0.4, -0.2) is 43.2 Å². The molecule has 4 heteroatoms. The fourth-order valence-corrected chi connectivity index (χ4v) is 2.58. The van der Waals surface area contributed by atoms with Gasteiger partial charge in [0.1, 0.15) is 0 Å². The largest absolute Gasteiger partial charge is 0.377 e. The molecule has 0 aromatic heterocycles. The number of likely N-dealkylation sites (tertiary alicyclic amines) is 1. The first-order chi connectivity index (χ1) is 10.1. The van der Waals surface area contributed by atoms with Gasteiger partial charge >= 0.3 is 0 Å². The molecule has 1 aliphatic heterocycles. The van der Waals surface area contributed by atoms with Gasteiger partial charge in [-0.25, -0.2) is 0 Å². The third-order valence-corrected chi connectivity index (χ3v) is 3.91. The number of piperidine rings is 1. The molecule has 1 saturated heterocycles. The van der Waals surface area contributed by atoms with E-state index in [1.807, 2.05) is 29.2 Å². The standard InChI is InChI=1S/C17H22N2O2/c1-17(21-2)10-4-12-19(13-17)16(20)15-8-6-14(7-9-15)5-3-11-18/h6-9H,4,10-13,18H2,1-2H3. The molecular weight excluding hydrogens is 264 g/mol. The minimum atomic E-state index is -0.236. The van der Waals surface area contributed by atoms with E-state index >= 15 is 0 Å². The number of methoxy groups -OCH3 is 1. The number of benzene rings is 1. The lowest BCUT2D eigenvalue weighted by Gasteiger charge is -2.39. The van der Waals surface area contributed by atoms with Crippen molar-refractivity contribution in [2.75, 3.05) is 26.7 Å². The maximum absolute atomic E-state index is 12.5. The molecule has 1 atom stereocenters. The highest BCUT2D eigenvalue weighted by molar-refractivity contribution is 5.94. The second-order valence-electron chi connectivity index (χ2n) is 5.57. The molecule has 1 unspecified atom stereocenters. The van der Waals surface area contributed by atoms with Crippen LogP contribution in [-0.2, 0) is 4.74 Å². The van der Waals surface area contributed by atoms with Gasteiger partial charge in [-0.05, 0) is 44.0 Å². The average molecular weight is 286 g/mol. The second kappa shape index (κ2) is 6.75. The zero-order chi connectivity index (χ0) is 15.3. The van der Waals surface area contributed by atoms with Crippen LogP contribution < -0.4 is 5.73 Å². The van der Waals surface area contributed by atoms with Crippen molar-refractivity contribution in [3.05, 3.63) is 35.4 Å². The summed E-state index contributed by atoms with van der Waals surface area (Å²) in [6.45, 7) is 3.81. The van der Waals surface area contributed by atoms with Crippen LogP contribution in [0, 0.1) is 11.8 Å². The van der Waals surface area contributed by atoms with Crippen LogP contribution in [0.4, 0.5) is 0 Å². The van der Waals surface area contributed by atoms with Crippen LogP contribution in [0.25, 0.3) is 0 Å². The summed E-state index contributed by atoms with van der Waals surface area (Å²) in [6, 6.07) is 7.36. The highest BCUT2D eigenvalue weighted by atomic mass is 16.5. The van der Waals surface area contributed by atoms with Gasteiger partial charge < -0.3 is 15.4 Å². The van der Waals surface area contributed by atoms with Crippen molar-refractivity contribution >= 4 is 5.91 Å². The Hall–Kier alpha value is -1.83. The van der Waals surface area contributed by atoms with E-state index in [-0.39, 0.29) is 11.5 Å². The molecule has 0 radical (unpaired) electrons. The van der Waals surface area contributed by atoms with Crippen molar-refractivity contribution in [2.24, 2.45) is 5.73 Å². The van der Waals surface area contributed by atoms with E-state index in [0.29, 0.717) is 18.7 Å². The second-order valence-corrected chi connectivity index (χ2v) is 5.57. The number of carbonyl (C=O) groups is 1. The van der Waals surface area contributed by atoms with Gasteiger partial charge in [0, 0.05) is 31.3 Å². The van der Waals surface area contributed by atoms with Crippen LogP contribution in [0.5, 0.6) is 0 Å². The van der Waals surface area contributed by atoms with E-state index in [9.17, 15) is 4.79 Å². The third kappa shape index (κ3) is 3.84. The molecule has 112 valence electrons. The highest BCUT2D eigenvalue weighted by Gasteiger charge is 2.33. The number of nitrogens with zero attached hydrogens (tertiary/aromatic N) is 1. The van der Waals surface area contributed by atoms with Gasteiger partial charge in [0.15, 0.2) is 0 Å². The Morgan fingerprint density at radius 3 is 2.76 bits per heavy atom. The van der Waals surface area contributed by atoms with Gasteiger partial charge in [0.25, 0.3) is 5.91 Å². The molecule has 1 fully saturated rings. The van der Waals surface area contributed by atoms with E-state index in [2.05, 4.69) is 18.8 Å². The SMILES string of the molecule is COC1(C)CCCN(C(=O)c2ccc(C#CCN)cc2)C1. The topological polar surface area (TPSA) is 55.6 Å². The monoisotopic (exact) mass is 286 g/mol. The molecule has 4 nitrogen and oxygen atoms in total. The van der Waals surface area contributed by atoms with Gasteiger partial charge in [0.05, 0.1) is 12.1 Å². The Morgan fingerprint density at radius 1 is 1.43 bits per heavy atom. The van der Waals surface area contributed by atoms with Crippen molar-refractivity contribution in [1.82, 2.24) is 4.90 Å². The lowest BCUT2D eigenvalue weighted by molar-refractivity contribution is -0.0440. The van der Waals surface area contributed by atoms with Crippen LogP contribution in [0.2, 0.25) is 0 Å². The van der Waals surface area contributed by atoms with E-state index < -0.39 is 0 Å². The van der Waals surface area contributed by atoms with E-state index in [1.54, 1.807) is 7.11 Å². The summed E-state index contributed by atoms with van der Waals surface area (Å²) in [7, 11) is 1.71. The fourth-order valence-electron chi connectivity index (χ4n) is 2.58. The third-order valence-electron chi connectivity index (χ3n) is 3.91. The van der Waals surface area contributed by atoms with Gasteiger partial charge in [-0.2, -0.15) is 0 Å². The summed E-state index contributed by atoms with van der Waals surface area (Å²) in [6.07, 6.45) is 1.96. The van der Waals surface area contributed by atoms with Gasteiger partial charge in [-0.3, -0.25) is 4.79 Å². The molecular formula is C17H22N2O2. The fraction of sp³-hybridized carbons (Fsp3) is 0.471. The molecule has 0 saturated carbocycles. The van der Waals surface area contributed by atoms with E-state index in [0.717, 1.165) is 24.9 Å². The molecule has 1 amide bonds. The average Bonchev–Trinajstić information content (AvgIpc) is 2.53. The smallest absolute Gasteiger partial charge is 0.253 e. The number of ether oxygens (including phenoxy) is 1. The van der Waals surface area contributed by atoms with Crippen molar-refractivity contribution in [2.45, 2.75) is 25.4 Å². The molecule has 0 aliphatic carbocycles. The first-order valence-electron chi connectivity index (χ1n) is 7.21. The lowest BCUT2D eigenvalue weighted by atomic mass is 9.94. The summed E-state index contributed by atoms with van der Waals surface area (Å²) in [5.74, 6) is 5.81. The minimum Gasteiger partial charge on any atom is -0.377 e. The Labute approximate surface area is 126 Å². The van der Waals surface area contributed by atoms with E-state index in [4.69, 9.17) is 10.5 Å². The Bertz CT molecular complexity index is 556. The maximum Gasteiger partial charge on any atom is 0.253 e. The predicted octanol–water partition coefficient (Wildman–Crippen LogP) is 1.64. The number of amides is 1. The van der Waals surface area contributed by atoms with Crippen molar-refractivity contribution in [1.29, 1.82) is 0 Å². The summed E-state index contributed by atoms with van der Waals surface area (Å²) in [4.78, 5) is 14.4. The van der Waals surface area contributed by atoms with Crippen LogP contribution in [0.1, 0.15) is 35.7 Å². The van der Waals surface area contributed by atoms with E-state index in [1.165, 1.54) is 0 Å². The number of carbonyl (C=O) groups excluding carboxylic acids is 1. The van der Waals surface area contributed by atoms with Crippen molar-refractivity contribution in [3.63, 3.8) is 0 Å². The molecule has 1 heterocycles. The summed E-state index contributed by atoms with van der Waals surface area (Å²) in [5, 5.41) is 0. The Kier molecular flexibility index (Phi) is 5.00. The molecule has 1 aromatic rings. The van der Waals surface area contributed by atoms with Crippen molar-refractivity contribution in [3.8, 4) is 11.8 Å². The minimum absolute atomic E-state index is 0.0521. The molecule has 1 aromatic carbocycles. The Morgan fingerprint density at radius 2 is 2.14 bits per heavy atom. The van der Waals surface area contributed by atoms with Gasteiger partial charge in [0.2, 0.25) is 0 Å². The summed E-state index contributed by atoms with van der Waals surface area (Å²) < 4.78 is 5.53. The first-order valence-corrected chi connectivity index (χ1v) is 7.21. The normalized spacial score (nSPS) is 21.6. The quantitative estimate of drug-likeness (QED) is 0.841. The van der Waals surface area contributed by atoms with Crippen LogP contribution >= 0.6 is 0 Å². The number of hydrogen-bond donors (Lipinski definition) is 1. The zero-order valence-electron chi connectivity index (χ0n) is 12.7. The molecule has 1 aliphatic rings. The molecule has 0 bridgehead atoms. The zero-order valence-corrected chi connectivity index (χ0v) is 12.7. The number of hydrogen-bond acceptors (Lipinski definition) is 3. The van der Waals surface area contributed by atoms with Crippen molar-refractivity contribution < 1.29 is 9.53 Å². The summed E-state index contributed by atoms with van der Waals surface area (Å²) in [5.41, 5.74) is 6.67. The maximum atomic E-state index is 12.5. The molecule has 2 rings (SSSR count). The highest BCUT2D eigenvalue weighted by Crippen LogP contribution is 2.25. The predicted molar refractivity (Wildman–Crippen MR) is 82.9 cm³/mol. The van der Waals surface area contributed by atoms with Crippen LogP contribution in [0.3, 0.4) is 0 Å². The molecule has 0 spiro atoms. The lowest BCUT2D eigenvalue weighted by Crippen LogP contribution is -2.49. The first kappa shape index (κ1) is 15.6. The van der Waals surface area contributed by atoms with Gasteiger partial charge in [-0.15, -0.1) is 0 Å². The Balaban J connectivity index is 2.09. The van der Waals surface area contributed by atoms with Crippen LogP contribution in [0.15, 0.2) is 24.3 Å². The molecule has 2 N–H and O–H groups in total. The van der Waals surface area contributed by atoms with Gasteiger partial charge in [-0.1, -0.05) is 11.8 Å². The summed E-state index contributed by atoms with van der Waals surface area (Å²) >= 11 is 0.